The molecule has 0 aromatic heterocycles. The van der Waals surface area contributed by atoms with E-state index in [1.165, 1.54) is 9.13 Å². The molecule has 0 bridgehead atoms. The first-order valence-corrected chi connectivity index (χ1v) is 6.38. The zero-order chi connectivity index (χ0) is 11.1. The topological polar surface area (TPSA) is 21.3 Å². The van der Waals surface area contributed by atoms with Gasteiger partial charge in [-0.1, -0.05) is 12.1 Å². The predicted molar refractivity (Wildman–Crippen MR) is 72.1 cm³/mol. The molecule has 15 heavy (non-hydrogen) atoms. The Morgan fingerprint density at radius 2 is 2.00 bits per heavy atom. The van der Waals surface area contributed by atoms with Gasteiger partial charge in [-0.2, -0.15) is 0 Å². The summed E-state index contributed by atoms with van der Waals surface area (Å²) in [5, 5.41) is 3.43. The van der Waals surface area contributed by atoms with Gasteiger partial charge in [0, 0.05) is 22.8 Å². The molecule has 0 fully saturated rings. The maximum atomic E-state index is 5.28. The lowest BCUT2D eigenvalue weighted by Crippen LogP contribution is -2.23. The molecule has 1 rings (SSSR count). The van der Waals surface area contributed by atoms with E-state index in [9.17, 15) is 0 Å². The number of hydrogen-bond donors (Lipinski definition) is 1. The Kier molecular flexibility index (Phi) is 6.20. The Hall–Kier alpha value is -0.130. The molecule has 0 unspecified atom stereocenters. The maximum absolute atomic E-state index is 5.28. The summed E-state index contributed by atoms with van der Waals surface area (Å²) in [6.07, 6.45) is 0. The number of benzene rings is 1. The van der Waals surface area contributed by atoms with E-state index >= 15 is 0 Å². The van der Waals surface area contributed by atoms with Crippen LogP contribution in [-0.4, -0.2) is 19.8 Å². The van der Waals surface area contributed by atoms with Crippen molar-refractivity contribution in [3.05, 3.63) is 33.4 Å². The molecular formula is C12H18INO. The second-order valence-electron chi connectivity index (χ2n) is 3.42. The molecule has 0 amide bonds. The Morgan fingerprint density at radius 1 is 1.33 bits per heavy atom. The van der Waals surface area contributed by atoms with Crippen molar-refractivity contribution in [2.45, 2.75) is 19.9 Å². The van der Waals surface area contributed by atoms with Crippen LogP contribution in [0.4, 0.5) is 0 Å². The quantitative estimate of drug-likeness (QED) is 0.643. The largest absolute Gasteiger partial charge is 0.380 e. The minimum absolute atomic E-state index is 0.391. The first-order chi connectivity index (χ1) is 7.24. The van der Waals surface area contributed by atoms with Crippen LogP contribution in [0.5, 0.6) is 0 Å². The van der Waals surface area contributed by atoms with Crippen LogP contribution >= 0.6 is 22.6 Å². The van der Waals surface area contributed by atoms with Crippen LogP contribution < -0.4 is 5.32 Å². The normalized spacial score (nSPS) is 12.7. The molecule has 0 aliphatic carbocycles. The van der Waals surface area contributed by atoms with E-state index < -0.39 is 0 Å². The predicted octanol–water partition coefficient (Wildman–Crippen LogP) is 2.98. The summed E-state index contributed by atoms with van der Waals surface area (Å²) >= 11 is 2.32. The molecule has 0 heterocycles. The first-order valence-electron chi connectivity index (χ1n) is 5.30. The summed E-state index contributed by atoms with van der Waals surface area (Å²) < 4.78 is 6.55. The lowest BCUT2D eigenvalue weighted by atomic mass is 10.1. The molecular weight excluding hydrogens is 301 g/mol. The lowest BCUT2D eigenvalue weighted by molar-refractivity contribution is 0.147. The summed E-state index contributed by atoms with van der Waals surface area (Å²) in [5.74, 6) is 0. The highest BCUT2D eigenvalue weighted by atomic mass is 127. The highest BCUT2D eigenvalue weighted by Crippen LogP contribution is 2.13. The van der Waals surface area contributed by atoms with Crippen molar-refractivity contribution < 1.29 is 4.74 Å². The van der Waals surface area contributed by atoms with Crippen molar-refractivity contribution in [1.29, 1.82) is 0 Å². The first kappa shape index (κ1) is 12.9. The standard InChI is InChI=1S/C12H18INO/c1-3-15-9-8-14-10(2)11-4-6-12(13)7-5-11/h4-7,10,14H,3,8-9H2,1-2H3/t10-/m0/s1. The third kappa shape index (κ3) is 4.95. The Labute approximate surface area is 106 Å². The molecule has 0 saturated carbocycles. The monoisotopic (exact) mass is 319 g/mol. The summed E-state index contributed by atoms with van der Waals surface area (Å²) in [7, 11) is 0. The number of rotatable bonds is 6. The average molecular weight is 319 g/mol. The second-order valence-corrected chi connectivity index (χ2v) is 4.67. The van der Waals surface area contributed by atoms with Gasteiger partial charge < -0.3 is 10.1 Å². The minimum Gasteiger partial charge on any atom is -0.380 e. The van der Waals surface area contributed by atoms with Crippen molar-refractivity contribution in [2.24, 2.45) is 0 Å². The average Bonchev–Trinajstić information content (AvgIpc) is 2.25. The maximum Gasteiger partial charge on any atom is 0.0590 e. The van der Waals surface area contributed by atoms with Crippen LogP contribution in [0.1, 0.15) is 25.5 Å². The van der Waals surface area contributed by atoms with E-state index in [4.69, 9.17) is 4.74 Å². The fourth-order valence-corrected chi connectivity index (χ4v) is 1.72. The molecule has 1 aromatic carbocycles. The second kappa shape index (κ2) is 7.19. The molecule has 0 saturated heterocycles. The van der Waals surface area contributed by atoms with Crippen LogP contribution in [0.25, 0.3) is 0 Å². The van der Waals surface area contributed by atoms with Crippen molar-refractivity contribution in [3.8, 4) is 0 Å². The van der Waals surface area contributed by atoms with Gasteiger partial charge in [-0.15, -0.1) is 0 Å². The van der Waals surface area contributed by atoms with Crippen LogP contribution in [0.2, 0.25) is 0 Å². The van der Waals surface area contributed by atoms with E-state index in [0.717, 1.165) is 19.8 Å². The van der Waals surface area contributed by atoms with Gasteiger partial charge in [-0.25, -0.2) is 0 Å². The molecule has 2 nitrogen and oxygen atoms in total. The Morgan fingerprint density at radius 3 is 2.60 bits per heavy atom. The summed E-state index contributed by atoms with van der Waals surface area (Å²) in [6.45, 7) is 6.67. The summed E-state index contributed by atoms with van der Waals surface area (Å²) in [5.41, 5.74) is 1.33. The van der Waals surface area contributed by atoms with E-state index in [0.29, 0.717) is 6.04 Å². The van der Waals surface area contributed by atoms with Crippen molar-refractivity contribution in [1.82, 2.24) is 5.32 Å². The van der Waals surface area contributed by atoms with Crippen LogP contribution in [0.15, 0.2) is 24.3 Å². The van der Waals surface area contributed by atoms with E-state index in [2.05, 4.69) is 59.1 Å². The van der Waals surface area contributed by atoms with Gasteiger partial charge in [0.1, 0.15) is 0 Å². The van der Waals surface area contributed by atoms with Crippen molar-refractivity contribution >= 4 is 22.6 Å². The molecule has 84 valence electrons. The highest BCUT2D eigenvalue weighted by Gasteiger charge is 2.03. The number of hydrogen-bond acceptors (Lipinski definition) is 2. The van der Waals surface area contributed by atoms with Gasteiger partial charge in [0.25, 0.3) is 0 Å². The molecule has 0 aliphatic heterocycles. The van der Waals surface area contributed by atoms with Gasteiger partial charge in [0.2, 0.25) is 0 Å². The molecule has 1 aromatic rings. The molecule has 1 N–H and O–H groups in total. The van der Waals surface area contributed by atoms with Crippen LogP contribution in [0, 0.1) is 3.57 Å². The number of nitrogens with one attached hydrogen (secondary N) is 1. The van der Waals surface area contributed by atoms with Gasteiger partial charge in [0.15, 0.2) is 0 Å². The van der Waals surface area contributed by atoms with Gasteiger partial charge >= 0.3 is 0 Å². The van der Waals surface area contributed by atoms with Gasteiger partial charge in [0.05, 0.1) is 6.61 Å². The Bertz CT molecular complexity index is 273. The highest BCUT2D eigenvalue weighted by molar-refractivity contribution is 14.1. The lowest BCUT2D eigenvalue weighted by Gasteiger charge is -2.14. The van der Waals surface area contributed by atoms with Gasteiger partial charge in [-0.05, 0) is 54.1 Å². The molecule has 3 heteroatoms. The molecule has 0 aliphatic rings. The fraction of sp³-hybridized carbons (Fsp3) is 0.500. The fourth-order valence-electron chi connectivity index (χ4n) is 1.36. The van der Waals surface area contributed by atoms with Gasteiger partial charge in [-0.3, -0.25) is 0 Å². The van der Waals surface area contributed by atoms with Crippen molar-refractivity contribution in [3.63, 3.8) is 0 Å². The third-order valence-corrected chi connectivity index (χ3v) is 2.99. The van der Waals surface area contributed by atoms with Crippen LogP contribution in [-0.2, 0) is 4.74 Å². The number of ether oxygens (including phenoxy) is 1. The smallest absolute Gasteiger partial charge is 0.0590 e. The third-order valence-electron chi connectivity index (χ3n) is 2.27. The van der Waals surface area contributed by atoms with E-state index in [-0.39, 0.29) is 0 Å². The minimum atomic E-state index is 0.391. The molecule has 0 radical (unpaired) electrons. The SMILES string of the molecule is CCOCCN[C@@H](C)c1ccc(I)cc1. The molecule has 1 atom stereocenters. The summed E-state index contributed by atoms with van der Waals surface area (Å²) in [4.78, 5) is 0. The molecule has 0 spiro atoms. The zero-order valence-electron chi connectivity index (χ0n) is 9.29. The Balaban J connectivity index is 2.33. The van der Waals surface area contributed by atoms with Crippen LogP contribution in [0.3, 0.4) is 0 Å². The summed E-state index contributed by atoms with van der Waals surface area (Å²) in [6, 6.07) is 9.00. The van der Waals surface area contributed by atoms with E-state index in [1.807, 2.05) is 6.92 Å². The van der Waals surface area contributed by atoms with E-state index in [1.54, 1.807) is 0 Å². The van der Waals surface area contributed by atoms with Crippen molar-refractivity contribution in [2.75, 3.05) is 19.8 Å². The zero-order valence-corrected chi connectivity index (χ0v) is 11.5. The number of halogens is 1.